The Morgan fingerprint density at radius 1 is 1.30 bits per heavy atom. The van der Waals surface area contributed by atoms with Crippen molar-refractivity contribution in [1.82, 2.24) is 15.4 Å². The van der Waals surface area contributed by atoms with E-state index in [-0.39, 0.29) is 12.5 Å². The Labute approximate surface area is 178 Å². The van der Waals surface area contributed by atoms with Crippen molar-refractivity contribution >= 4 is 16.8 Å². The van der Waals surface area contributed by atoms with Crippen molar-refractivity contribution < 1.29 is 19.8 Å². The molecule has 3 rings (SSSR count). The quantitative estimate of drug-likeness (QED) is 0.421. The largest absolute Gasteiger partial charge is 0.396 e. The summed E-state index contributed by atoms with van der Waals surface area (Å²) in [5, 5.41) is 25.9. The van der Waals surface area contributed by atoms with Crippen LogP contribution in [0.15, 0.2) is 30.5 Å². The molecule has 2 heterocycles. The van der Waals surface area contributed by atoms with Crippen molar-refractivity contribution in [2.75, 3.05) is 19.7 Å². The van der Waals surface area contributed by atoms with Gasteiger partial charge in [-0.1, -0.05) is 44.4 Å². The molecule has 0 bridgehead atoms. The summed E-state index contributed by atoms with van der Waals surface area (Å²) in [5.41, 5.74) is 2.24. The number of fused-ring (bicyclic) bond motifs is 1. The van der Waals surface area contributed by atoms with Gasteiger partial charge in [0.25, 0.3) is 0 Å². The Morgan fingerprint density at radius 3 is 2.83 bits per heavy atom. The first-order valence-corrected chi connectivity index (χ1v) is 11.1. The number of aromatic nitrogens is 1. The van der Waals surface area contributed by atoms with E-state index in [1.54, 1.807) is 12.0 Å². The molecule has 0 saturated carbocycles. The number of unbranched alkanes of at least 4 members (excludes halogenated alkanes) is 3. The van der Waals surface area contributed by atoms with E-state index >= 15 is 0 Å². The molecule has 1 aliphatic heterocycles. The molecule has 7 heteroatoms. The maximum Gasteiger partial charge on any atom is 0.240 e. The zero-order chi connectivity index (χ0) is 21.5. The number of benzene rings is 1. The van der Waals surface area contributed by atoms with Gasteiger partial charge in [0.15, 0.2) is 0 Å². The lowest BCUT2D eigenvalue weighted by atomic mass is 9.92. The van der Waals surface area contributed by atoms with Gasteiger partial charge >= 0.3 is 0 Å². The van der Waals surface area contributed by atoms with E-state index in [9.17, 15) is 15.0 Å². The number of amides is 1. The van der Waals surface area contributed by atoms with E-state index in [1.807, 2.05) is 24.4 Å². The smallest absolute Gasteiger partial charge is 0.240 e. The number of carbonyl (C=O) groups is 1. The number of aliphatic hydroxyl groups excluding tert-OH is 2. The number of aliphatic hydroxyl groups is 2. The minimum absolute atomic E-state index is 0.160. The van der Waals surface area contributed by atoms with Crippen LogP contribution in [0.3, 0.4) is 0 Å². The fourth-order valence-corrected chi connectivity index (χ4v) is 4.32. The molecular weight excluding hydrogens is 382 g/mol. The number of hydrogen-bond donors (Lipinski definition) is 4. The molecule has 166 valence electrons. The zero-order valence-electron chi connectivity index (χ0n) is 18.0. The van der Waals surface area contributed by atoms with Crippen LogP contribution in [0.5, 0.6) is 0 Å². The molecule has 4 atom stereocenters. The highest BCUT2D eigenvalue weighted by Gasteiger charge is 2.48. The average Bonchev–Trinajstić information content (AvgIpc) is 3.32. The second kappa shape index (κ2) is 10.9. The van der Waals surface area contributed by atoms with Crippen LogP contribution < -0.4 is 5.32 Å². The van der Waals surface area contributed by atoms with Gasteiger partial charge in [-0.25, -0.2) is 0 Å². The van der Waals surface area contributed by atoms with E-state index in [4.69, 9.17) is 4.84 Å². The summed E-state index contributed by atoms with van der Waals surface area (Å²) in [6, 6.07) is 7.51. The fourth-order valence-electron chi connectivity index (χ4n) is 4.32. The maximum atomic E-state index is 13.0. The highest BCUT2D eigenvalue weighted by atomic mass is 16.7. The summed E-state index contributed by atoms with van der Waals surface area (Å²) in [7, 11) is 0. The minimum Gasteiger partial charge on any atom is -0.396 e. The molecule has 1 fully saturated rings. The summed E-state index contributed by atoms with van der Waals surface area (Å²) in [4.78, 5) is 22.2. The molecule has 0 unspecified atom stereocenters. The molecule has 1 aromatic heterocycles. The number of para-hydroxylation sites is 1. The lowest BCUT2D eigenvalue weighted by Gasteiger charge is -2.24. The zero-order valence-corrected chi connectivity index (χ0v) is 18.0. The second-order valence-corrected chi connectivity index (χ2v) is 8.20. The maximum absolute atomic E-state index is 13.0. The molecule has 0 spiro atoms. The molecule has 1 aliphatic rings. The van der Waals surface area contributed by atoms with E-state index in [2.05, 4.69) is 23.3 Å². The Kier molecular flexibility index (Phi) is 8.27. The van der Waals surface area contributed by atoms with Gasteiger partial charge in [0, 0.05) is 36.1 Å². The van der Waals surface area contributed by atoms with Crippen LogP contribution in [0.2, 0.25) is 0 Å². The Balaban J connectivity index is 1.62. The average molecular weight is 418 g/mol. The van der Waals surface area contributed by atoms with E-state index in [0.717, 1.165) is 42.1 Å². The summed E-state index contributed by atoms with van der Waals surface area (Å²) in [6.45, 7) is 4.70. The van der Waals surface area contributed by atoms with Gasteiger partial charge < -0.3 is 20.5 Å². The number of nitrogens with zero attached hydrogens (tertiary/aromatic N) is 1. The van der Waals surface area contributed by atoms with Gasteiger partial charge in [-0.3, -0.25) is 9.63 Å². The van der Waals surface area contributed by atoms with Crippen LogP contribution in [0.25, 0.3) is 10.9 Å². The van der Waals surface area contributed by atoms with Crippen LogP contribution in [-0.4, -0.2) is 64.1 Å². The molecule has 30 heavy (non-hydrogen) atoms. The third-order valence-electron chi connectivity index (χ3n) is 5.95. The van der Waals surface area contributed by atoms with Gasteiger partial charge in [-0.05, 0) is 31.4 Å². The first-order chi connectivity index (χ1) is 14.6. The topological polar surface area (TPSA) is 97.8 Å². The number of hydrogen-bond acceptors (Lipinski definition) is 5. The normalized spacial score (nSPS) is 23.1. The molecule has 0 radical (unpaired) electrons. The Morgan fingerprint density at radius 2 is 2.10 bits per heavy atom. The number of carbonyl (C=O) groups excluding carboxylic acids is 1. The van der Waals surface area contributed by atoms with Crippen LogP contribution >= 0.6 is 0 Å². The molecule has 0 aliphatic carbocycles. The lowest BCUT2D eigenvalue weighted by Crippen LogP contribution is -2.48. The highest BCUT2D eigenvalue weighted by Crippen LogP contribution is 2.30. The number of hydroxylamine groups is 2. The molecule has 7 nitrogen and oxygen atoms in total. The molecule has 1 saturated heterocycles. The van der Waals surface area contributed by atoms with E-state index in [0.29, 0.717) is 19.5 Å². The standard InChI is InChI=1S/C23H35N3O4/c1-3-4-5-8-13-26-21(19(15-27)22(30-26)16(2)28)23(29)24-12-11-17-14-25-20-10-7-6-9-18(17)20/h6-7,9-10,14,16,19,21-22,25,27-28H,3-5,8,11-13,15H2,1-2H3,(H,24,29)/t16-,19-,21-,22-/m0/s1. The minimum atomic E-state index is -0.760. The monoisotopic (exact) mass is 417 g/mol. The molecular formula is C23H35N3O4. The molecule has 2 aromatic rings. The lowest BCUT2D eigenvalue weighted by molar-refractivity contribution is -0.187. The second-order valence-electron chi connectivity index (χ2n) is 8.20. The number of rotatable bonds is 11. The summed E-state index contributed by atoms with van der Waals surface area (Å²) in [5.74, 6) is -0.614. The highest BCUT2D eigenvalue weighted by molar-refractivity contribution is 5.84. The van der Waals surface area contributed by atoms with Gasteiger partial charge in [0.05, 0.1) is 12.7 Å². The van der Waals surface area contributed by atoms with Gasteiger partial charge in [0.2, 0.25) is 5.91 Å². The van der Waals surface area contributed by atoms with Crippen molar-refractivity contribution in [3.8, 4) is 0 Å². The number of nitrogens with one attached hydrogen (secondary N) is 2. The van der Waals surface area contributed by atoms with Gasteiger partial charge in [0.1, 0.15) is 12.1 Å². The predicted molar refractivity (Wildman–Crippen MR) is 117 cm³/mol. The first kappa shape index (κ1) is 22.7. The summed E-state index contributed by atoms with van der Waals surface area (Å²) < 4.78 is 0. The molecule has 4 N–H and O–H groups in total. The number of H-pyrrole nitrogens is 1. The van der Waals surface area contributed by atoms with E-state index < -0.39 is 24.2 Å². The SMILES string of the molecule is CCCCCCN1O[C@@H]([C@H](C)O)[C@@H](CO)[C@H]1C(=O)NCCc1c[nH]c2ccccc12. The fraction of sp³-hybridized carbons (Fsp3) is 0.609. The van der Waals surface area contributed by atoms with Gasteiger partial charge in [-0.15, -0.1) is 0 Å². The third kappa shape index (κ3) is 5.21. The van der Waals surface area contributed by atoms with Crippen LogP contribution in [0.1, 0.15) is 45.1 Å². The van der Waals surface area contributed by atoms with Crippen molar-refractivity contribution in [2.45, 2.75) is 64.2 Å². The summed E-state index contributed by atoms with van der Waals surface area (Å²) in [6.07, 6.45) is 5.60. The van der Waals surface area contributed by atoms with Crippen LogP contribution in [0, 0.1) is 5.92 Å². The Hall–Kier alpha value is -1.93. The van der Waals surface area contributed by atoms with Crippen molar-refractivity contribution in [3.63, 3.8) is 0 Å². The Bertz CT molecular complexity index is 807. The first-order valence-electron chi connectivity index (χ1n) is 11.1. The summed E-state index contributed by atoms with van der Waals surface area (Å²) >= 11 is 0. The van der Waals surface area contributed by atoms with Crippen LogP contribution in [-0.2, 0) is 16.1 Å². The van der Waals surface area contributed by atoms with Crippen molar-refractivity contribution in [1.29, 1.82) is 0 Å². The number of aromatic amines is 1. The van der Waals surface area contributed by atoms with Crippen molar-refractivity contribution in [3.05, 3.63) is 36.0 Å². The third-order valence-corrected chi connectivity index (χ3v) is 5.95. The van der Waals surface area contributed by atoms with Gasteiger partial charge in [-0.2, -0.15) is 5.06 Å². The van der Waals surface area contributed by atoms with Crippen LogP contribution in [0.4, 0.5) is 0 Å². The molecule has 1 amide bonds. The predicted octanol–water partition coefficient (Wildman–Crippen LogP) is 2.38. The van der Waals surface area contributed by atoms with Crippen molar-refractivity contribution in [2.24, 2.45) is 5.92 Å². The van der Waals surface area contributed by atoms with E-state index in [1.165, 1.54) is 0 Å². The molecule has 1 aromatic carbocycles.